The average molecular weight is 480 g/mol. The lowest BCUT2D eigenvalue weighted by molar-refractivity contribution is 0.400. The number of methoxy groups -OCH3 is 1. The lowest BCUT2D eigenvalue weighted by Crippen LogP contribution is -2.11. The summed E-state index contributed by atoms with van der Waals surface area (Å²) in [5, 5.41) is 6.11. The summed E-state index contributed by atoms with van der Waals surface area (Å²) in [5.41, 5.74) is 2.18. The fraction of sp³-hybridized carbons (Fsp3) is 0.143. The Morgan fingerprint density at radius 1 is 0.912 bits per heavy atom. The van der Waals surface area contributed by atoms with Crippen LogP contribution in [0, 0.1) is 6.92 Å². The van der Waals surface area contributed by atoms with Crippen LogP contribution >= 0.6 is 0 Å². The number of aryl methyl sites for hydroxylation is 1. The smallest absolute Gasteiger partial charge is 0.238 e. The highest BCUT2D eigenvalue weighted by Crippen LogP contribution is 2.27. The third-order valence-corrected chi connectivity index (χ3v) is 4.87. The molecular formula is C21H21N9O3S. The van der Waals surface area contributed by atoms with Crippen LogP contribution in [-0.4, -0.2) is 51.7 Å². The van der Waals surface area contributed by atoms with Crippen LogP contribution in [-0.2, 0) is 10.0 Å². The van der Waals surface area contributed by atoms with Crippen molar-refractivity contribution in [1.82, 2.24) is 29.9 Å². The number of nitrogens with zero attached hydrogens (tertiary/aromatic N) is 6. The Bertz CT molecular complexity index is 1430. The van der Waals surface area contributed by atoms with Gasteiger partial charge in [0.05, 0.1) is 25.2 Å². The maximum Gasteiger partial charge on any atom is 0.238 e. The number of ether oxygens (including phenoxy) is 1. The Labute approximate surface area is 196 Å². The largest absolute Gasteiger partial charge is 0.479 e. The molecule has 13 heteroatoms. The number of sulfonamides is 1. The Balaban J connectivity index is 1.53. The molecule has 0 bridgehead atoms. The lowest BCUT2D eigenvalue weighted by atomic mass is 10.3. The summed E-state index contributed by atoms with van der Waals surface area (Å²) < 4.78 is 30.7. The summed E-state index contributed by atoms with van der Waals surface area (Å²) in [4.78, 5) is 26.0. The van der Waals surface area contributed by atoms with Crippen molar-refractivity contribution in [3.63, 3.8) is 0 Å². The van der Waals surface area contributed by atoms with E-state index in [-0.39, 0.29) is 17.5 Å². The number of anilines is 5. The second kappa shape index (κ2) is 9.62. The number of hydrogen-bond donors (Lipinski definition) is 3. The summed E-state index contributed by atoms with van der Waals surface area (Å²) in [5.74, 6) is 1.89. The van der Waals surface area contributed by atoms with Crippen LogP contribution in [0.1, 0.15) is 5.69 Å². The normalized spacial score (nSPS) is 11.0. The van der Waals surface area contributed by atoms with Crippen molar-refractivity contribution in [2.45, 2.75) is 6.92 Å². The number of pyridine rings is 2. The van der Waals surface area contributed by atoms with Crippen molar-refractivity contribution in [2.24, 2.45) is 0 Å². The van der Waals surface area contributed by atoms with Crippen LogP contribution in [0.3, 0.4) is 0 Å². The minimum absolute atomic E-state index is 0.134. The first-order chi connectivity index (χ1) is 16.3. The van der Waals surface area contributed by atoms with E-state index in [0.29, 0.717) is 28.8 Å². The first-order valence-electron chi connectivity index (χ1n) is 9.95. The molecule has 4 aromatic rings. The van der Waals surface area contributed by atoms with Gasteiger partial charge in [0.1, 0.15) is 23.0 Å². The highest BCUT2D eigenvalue weighted by Gasteiger charge is 2.12. The van der Waals surface area contributed by atoms with E-state index in [0.717, 1.165) is 11.9 Å². The summed E-state index contributed by atoms with van der Waals surface area (Å²) in [6.07, 6.45) is 5.71. The van der Waals surface area contributed by atoms with E-state index in [1.54, 1.807) is 24.5 Å². The first kappa shape index (κ1) is 22.8. The molecule has 4 heterocycles. The van der Waals surface area contributed by atoms with Crippen molar-refractivity contribution in [2.75, 3.05) is 28.7 Å². The van der Waals surface area contributed by atoms with Crippen LogP contribution in [0.4, 0.5) is 29.0 Å². The van der Waals surface area contributed by atoms with Gasteiger partial charge in [0.15, 0.2) is 5.82 Å². The fourth-order valence-electron chi connectivity index (χ4n) is 2.92. The van der Waals surface area contributed by atoms with E-state index >= 15 is 0 Å². The zero-order valence-electron chi connectivity index (χ0n) is 18.5. The van der Waals surface area contributed by atoms with Crippen LogP contribution in [0.25, 0.3) is 11.5 Å². The van der Waals surface area contributed by atoms with Gasteiger partial charge in [0.2, 0.25) is 21.9 Å². The van der Waals surface area contributed by atoms with E-state index < -0.39 is 10.0 Å². The Morgan fingerprint density at radius 2 is 1.68 bits per heavy atom. The molecule has 4 aromatic heterocycles. The van der Waals surface area contributed by atoms with Gasteiger partial charge in [-0.15, -0.1) is 0 Å². The molecule has 174 valence electrons. The van der Waals surface area contributed by atoms with Gasteiger partial charge in [-0.3, -0.25) is 4.72 Å². The van der Waals surface area contributed by atoms with Crippen LogP contribution in [0.5, 0.6) is 5.88 Å². The predicted molar refractivity (Wildman–Crippen MR) is 128 cm³/mol. The molecule has 12 nitrogen and oxygen atoms in total. The molecule has 3 N–H and O–H groups in total. The van der Waals surface area contributed by atoms with E-state index in [1.165, 1.54) is 19.4 Å². The molecule has 0 unspecified atom stereocenters. The molecule has 0 amide bonds. The van der Waals surface area contributed by atoms with Gasteiger partial charge in [0.25, 0.3) is 0 Å². The standard InChI is InChI=1S/C21H21N9O3S/c1-13-5-4-6-15(25-13)19-22-9-7-17(28-19)27-18-8-10-23-21(29-18)26-14-11-16(30-34(3,31)32)20(33-2)24-12-14/h4-12,30H,1-3H3,(H2,22,23,26,27,28,29). The number of aromatic nitrogens is 6. The molecule has 0 spiro atoms. The zero-order chi connectivity index (χ0) is 24.1. The molecule has 0 aliphatic carbocycles. The van der Waals surface area contributed by atoms with Gasteiger partial charge in [-0.05, 0) is 37.3 Å². The van der Waals surface area contributed by atoms with E-state index in [1.807, 2.05) is 25.1 Å². The molecule has 0 aliphatic heterocycles. The highest BCUT2D eigenvalue weighted by atomic mass is 32.2. The summed E-state index contributed by atoms with van der Waals surface area (Å²) in [6.45, 7) is 1.90. The molecule has 0 aromatic carbocycles. The predicted octanol–water partition coefficient (Wildman–Crippen LogP) is 2.90. The topological polar surface area (TPSA) is 157 Å². The minimum atomic E-state index is -3.52. The van der Waals surface area contributed by atoms with Crippen molar-refractivity contribution in [3.8, 4) is 17.4 Å². The summed E-state index contributed by atoms with van der Waals surface area (Å²) >= 11 is 0. The molecule has 4 rings (SSSR count). The van der Waals surface area contributed by atoms with E-state index in [9.17, 15) is 8.42 Å². The van der Waals surface area contributed by atoms with Crippen molar-refractivity contribution >= 4 is 39.0 Å². The Hall–Kier alpha value is -4.39. The van der Waals surface area contributed by atoms with Gasteiger partial charge >= 0.3 is 0 Å². The van der Waals surface area contributed by atoms with Crippen LogP contribution < -0.4 is 20.1 Å². The Kier molecular flexibility index (Phi) is 6.45. The molecular weight excluding hydrogens is 458 g/mol. The quantitative estimate of drug-likeness (QED) is 0.341. The van der Waals surface area contributed by atoms with Crippen LogP contribution in [0.15, 0.2) is 55.0 Å². The van der Waals surface area contributed by atoms with Crippen molar-refractivity contribution in [3.05, 3.63) is 60.7 Å². The molecule has 0 aliphatic rings. The van der Waals surface area contributed by atoms with Gasteiger partial charge in [-0.25, -0.2) is 33.3 Å². The van der Waals surface area contributed by atoms with Gasteiger partial charge < -0.3 is 15.4 Å². The molecule has 0 saturated heterocycles. The second-order valence-corrected chi connectivity index (χ2v) is 8.85. The second-order valence-electron chi connectivity index (χ2n) is 7.10. The fourth-order valence-corrected chi connectivity index (χ4v) is 3.47. The van der Waals surface area contributed by atoms with Crippen molar-refractivity contribution < 1.29 is 13.2 Å². The molecule has 34 heavy (non-hydrogen) atoms. The molecule has 0 radical (unpaired) electrons. The Morgan fingerprint density at radius 3 is 2.41 bits per heavy atom. The number of rotatable bonds is 8. The molecule has 0 saturated carbocycles. The maximum absolute atomic E-state index is 11.6. The molecule has 0 fully saturated rings. The summed E-state index contributed by atoms with van der Waals surface area (Å²) in [6, 6.07) is 10.6. The third-order valence-electron chi connectivity index (χ3n) is 4.28. The van der Waals surface area contributed by atoms with E-state index in [4.69, 9.17) is 4.74 Å². The average Bonchev–Trinajstić information content (AvgIpc) is 2.79. The summed E-state index contributed by atoms with van der Waals surface area (Å²) in [7, 11) is -2.12. The monoisotopic (exact) mass is 479 g/mol. The van der Waals surface area contributed by atoms with Crippen molar-refractivity contribution in [1.29, 1.82) is 0 Å². The van der Waals surface area contributed by atoms with Gasteiger partial charge in [-0.2, -0.15) is 4.98 Å². The van der Waals surface area contributed by atoms with E-state index in [2.05, 4.69) is 45.3 Å². The third kappa shape index (κ3) is 5.89. The highest BCUT2D eigenvalue weighted by molar-refractivity contribution is 7.92. The lowest BCUT2D eigenvalue weighted by Gasteiger charge is -2.12. The van der Waals surface area contributed by atoms with Gasteiger partial charge in [0, 0.05) is 18.1 Å². The maximum atomic E-state index is 11.6. The zero-order valence-corrected chi connectivity index (χ0v) is 19.3. The van der Waals surface area contributed by atoms with Gasteiger partial charge in [-0.1, -0.05) is 6.07 Å². The molecule has 0 atom stereocenters. The minimum Gasteiger partial charge on any atom is -0.479 e. The number of hydrogen-bond acceptors (Lipinski definition) is 11. The first-order valence-corrected chi connectivity index (χ1v) is 11.8. The number of nitrogens with one attached hydrogen (secondary N) is 3. The SMILES string of the molecule is COc1ncc(Nc2nccc(Nc3ccnc(-c4cccc(C)n4)n3)n2)cc1NS(C)(=O)=O. The van der Waals surface area contributed by atoms with Crippen LogP contribution in [0.2, 0.25) is 0 Å².